The number of hydrogen-bond acceptors (Lipinski definition) is 4. The standard InChI is InChI=1S/C9H9NOS2/c1-12-8-3-6-7(11-5-10-6)4-9(8)13-2/h3-5H,1-2H3. The van der Waals surface area contributed by atoms with Crippen LogP contribution in [-0.2, 0) is 0 Å². The molecule has 0 aliphatic heterocycles. The van der Waals surface area contributed by atoms with Crippen molar-refractivity contribution in [2.75, 3.05) is 12.5 Å². The van der Waals surface area contributed by atoms with E-state index in [1.165, 1.54) is 16.2 Å². The van der Waals surface area contributed by atoms with E-state index in [1.807, 2.05) is 6.07 Å². The zero-order valence-corrected chi connectivity index (χ0v) is 9.04. The molecule has 0 saturated heterocycles. The summed E-state index contributed by atoms with van der Waals surface area (Å²) in [5, 5.41) is 0. The van der Waals surface area contributed by atoms with Gasteiger partial charge in [0.25, 0.3) is 0 Å². The lowest BCUT2D eigenvalue weighted by Gasteiger charge is -2.02. The lowest BCUT2D eigenvalue weighted by Crippen LogP contribution is -1.77. The van der Waals surface area contributed by atoms with Crippen LogP contribution in [0, 0.1) is 0 Å². The number of aromatic nitrogens is 1. The third kappa shape index (κ3) is 1.56. The molecule has 68 valence electrons. The highest BCUT2D eigenvalue weighted by molar-refractivity contribution is 8.01. The summed E-state index contributed by atoms with van der Waals surface area (Å²) in [7, 11) is 0. The first-order chi connectivity index (χ1) is 6.35. The second-order valence-corrected chi connectivity index (χ2v) is 4.22. The van der Waals surface area contributed by atoms with Crippen LogP contribution in [-0.4, -0.2) is 17.5 Å². The van der Waals surface area contributed by atoms with Crippen LogP contribution in [0.1, 0.15) is 0 Å². The van der Waals surface area contributed by atoms with Gasteiger partial charge in [-0.3, -0.25) is 0 Å². The molecular weight excluding hydrogens is 202 g/mol. The smallest absolute Gasteiger partial charge is 0.181 e. The van der Waals surface area contributed by atoms with Gasteiger partial charge in [0.15, 0.2) is 12.0 Å². The summed E-state index contributed by atoms with van der Waals surface area (Å²) < 4.78 is 5.23. The summed E-state index contributed by atoms with van der Waals surface area (Å²) in [6, 6.07) is 4.11. The minimum Gasteiger partial charge on any atom is -0.443 e. The van der Waals surface area contributed by atoms with E-state index in [1.54, 1.807) is 23.5 Å². The first-order valence-electron chi connectivity index (χ1n) is 3.80. The fraction of sp³-hybridized carbons (Fsp3) is 0.222. The number of benzene rings is 1. The lowest BCUT2D eigenvalue weighted by molar-refractivity contribution is 0.601. The lowest BCUT2D eigenvalue weighted by atomic mass is 10.3. The molecule has 0 aliphatic carbocycles. The minimum atomic E-state index is 0.863. The number of hydrogen-bond donors (Lipinski definition) is 0. The van der Waals surface area contributed by atoms with E-state index in [0.717, 1.165) is 11.1 Å². The van der Waals surface area contributed by atoms with Crippen LogP contribution in [0.3, 0.4) is 0 Å². The molecular formula is C9H9NOS2. The molecule has 2 rings (SSSR count). The minimum absolute atomic E-state index is 0.863. The Labute approximate surface area is 85.1 Å². The Bertz CT molecular complexity index is 386. The highest BCUT2D eigenvalue weighted by Gasteiger charge is 2.05. The molecule has 0 bridgehead atoms. The fourth-order valence-corrected chi connectivity index (χ4v) is 2.66. The van der Waals surface area contributed by atoms with E-state index in [9.17, 15) is 0 Å². The molecule has 0 amide bonds. The Hall–Kier alpha value is -0.610. The Morgan fingerprint density at radius 1 is 1.15 bits per heavy atom. The molecule has 0 spiro atoms. The van der Waals surface area contributed by atoms with E-state index < -0.39 is 0 Å². The van der Waals surface area contributed by atoms with Crippen molar-refractivity contribution in [3.63, 3.8) is 0 Å². The van der Waals surface area contributed by atoms with Crippen molar-refractivity contribution >= 4 is 34.6 Å². The number of thioether (sulfide) groups is 2. The van der Waals surface area contributed by atoms with Crippen molar-refractivity contribution in [3.05, 3.63) is 18.5 Å². The Balaban J connectivity index is 2.67. The second kappa shape index (κ2) is 3.64. The first kappa shape index (κ1) is 8.97. The predicted molar refractivity (Wildman–Crippen MR) is 57.6 cm³/mol. The van der Waals surface area contributed by atoms with Gasteiger partial charge in [-0.25, -0.2) is 4.98 Å². The Kier molecular flexibility index (Phi) is 2.51. The van der Waals surface area contributed by atoms with Gasteiger partial charge in [0, 0.05) is 9.79 Å². The van der Waals surface area contributed by atoms with Crippen molar-refractivity contribution in [2.24, 2.45) is 0 Å². The SMILES string of the molecule is CSc1cc2ncoc2cc1SC. The molecule has 2 nitrogen and oxygen atoms in total. The molecule has 1 heterocycles. The largest absolute Gasteiger partial charge is 0.443 e. The molecule has 0 N–H and O–H groups in total. The number of oxazole rings is 1. The Morgan fingerprint density at radius 3 is 2.54 bits per heavy atom. The van der Waals surface area contributed by atoms with Gasteiger partial charge in [-0.15, -0.1) is 23.5 Å². The normalized spacial score (nSPS) is 10.9. The van der Waals surface area contributed by atoms with Crippen molar-refractivity contribution in [1.29, 1.82) is 0 Å². The summed E-state index contributed by atoms with van der Waals surface area (Å²) in [5.41, 5.74) is 1.80. The van der Waals surface area contributed by atoms with Gasteiger partial charge in [-0.2, -0.15) is 0 Å². The van der Waals surface area contributed by atoms with Crippen LogP contribution < -0.4 is 0 Å². The molecule has 13 heavy (non-hydrogen) atoms. The number of nitrogens with zero attached hydrogens (tertiary/aromatic N) is 1. The summed E-state index contributed by atoms with van der Waals surface area (Å²) >= 11 is 3.47. The van der Waals surface area contributed by atoms with Gasteiger partial charge >= 0.3 is 0 Å². The van der Waals surface area contributed by atoms with Crippen LogP contribution in [0.5, 0.6) is 0 Å². The summed E-state index contributed by atoms with van der Waals surface area (Å²) in [6.45, 7) is 0. The fourth-order valence-electron chi connectivity index (χ4n) is 1.18. The molecule has 1 aromatic carbocycles. The topological polar surface area (TPSA) is 26.0 Å². The van der Waals surface area contributed by atoms with E-state index in [4.69, 9.17) is 4.42 Å². The molecule has 0 saturated carbocycles. The first-order valence-corrected chi connectivity index (χ1v) is 6.25. The van der Waals surface area contributed by atoms with E-state index in [-0.39, 0.29) is 0 Å². The molecule has 0 aliphatic rings. The molecule has 0 unspecified atom stereocenters. The average molecular weight is 211 g/mol. The van der Waals surface area contributed by atoms with Gasteiger partial charge in [0.1, 0.15) is 5.52 Å². The summed E-state index contributed by atoms with van der Waals surface area (Å²) in [5.74, 6) is 0. The highest BCUT2D eigenvalue weighted by atomic mass is 32.2. The van der Waals surface area contributed by atoms with E-state index in [0.29, 0.717) is 0 Å². The monoisotopic (exact) mass is 211 g/mol. The average Bonchev–Trinajstić information content (AvgIpc) is 2.62. The van der Waals surface area contributed by atoms with Crippen LogP contribution in [0.4, 0.5) is 0 Å². The van der Waals surface area contributed by atoms with Gasteiger partial charge in [0.2, 0.25) is 0 Å². The molecule has 0 radical (unpaired) electrons. The van der Waals surface area contributed by atoms with Crippen LogP contribution in [0.25, 0.3) is 11.1 Å². The maximum atomic E-state index is 5.23. The molecule has 2 aromatic rings. The maximum Gasteiger partial charge on any atom is 0.181 e. The zero-order chi connectivity index (χ0) is 9.26. The summed E-state index contributed by atoms with van der Waals surface area (Å²) in [4.78, 5) is 6.62. The van der Waals surface area contributed by atoms with E-state index >= 15 is 0 Å². The van der Waals surface area contributed by atoms with Crippen LogP contribution in [0.2, 0.25) is 0 Å². The quantitative estimate of drug-likeness (QED) is 0.712. The number of fused-ring (bicyclic) bond motifs is 1. The molecule has 0 fully saturated rings. The van der Waals surface area contributed by atoms with E-state index in [2.05, 4.69) is 23.6 Å². The second-order valence-electron chi connectivity index (χ2n) is 2.53. The van der Waals surface area contributed by atoms with Gasteiger partial charge in [-0.1, -0.05) is 0 Å². The van der Waals surface area contributed by atoms with Crippen LogP contribution >= 0.6 is 23.5 Å². The van der Waals surface area contributed by atoms with Crippen molar-refractivity contribution < 1.29 is 4.42 Å². The van der Waals surface area contributed by atoms with Crippen molar-refractivity contribution in [1.82, 2.24) is 4.98 Å². The molecule has 0 atom stereocenters. The number of rotatable bonds is 2. The zero-order valence-electron chi connectivity index (χ0n) is 7.40. The predicted octanol–water partition coefficient (Wildman–Crippen LogP) is 3.27. The Morgan fingerprint density at radius 2 is 1.85 bits per heavy atom. The maximum absolute atomic E-state index is 5.23. The summed E-state index contributed by atoms with van der Waals surface area (Å²) in [6.07, 6.45) is 5.62. The third-order valence-corrected chi connectivity index (χ3v) is 3.52. The van der Waals surface area contributed by atoms with Crippen LogP contribution in [0.15, 0.2) is 32.7 Å². The van der Waals surface area contributed by atoms with Gasteiger partial charge in [-0.05, 0) is 24.6 Å². The van der Waals surface area contributed by atoms with Crippen molar-refractivity contribution in [2.45, 2.75) is 9.79 Å². The van der Waals surface area contributed by atoms with Gasteiger partial charge in [0.05, 0.1) is 0 Å². The molecule has 1 aromatic heterocycles. The molecule has 4 heteroatoms. The van der Waals surface area contributed by atoms with Crippen molar-refractivity contribution in [3.8, 4) is 0 Å². The third-order valence-electron chi connectivity index (χ3n) is 1.84. The highest BCUT2D eigenvalue weighted by Crippen LogP contribution is 2.31. The van der Waals surface area contributed by atoms with Gasteiger partial charge < -0.3 is 4.42 Å².